The molecular formula is C12H18N2O5. The van der Waals surface area contributed by atoms with E-state index in [9.17, 15) is 20.1 Å². The van der Waals surface area contributed by atoms with Gasteiger partial charge in [0.2, 0.25) is 0 Å². The third-order valence-electron chi connectivity index (χ3n) is 3.75. The molecule has 0 spiro atoms. The van der Waals surface area contributed by atoms with Gasteiger partial charge in [-0.1, -0.05) is 5.92 Å². The summed E-state index contributed by atoms with van der Waals surface area (Å²) in [5, 5.41) is 31.0. The summed E-state index contributed by atoms with van der Waals surface area (Å²) in [4.78, 5) is 13.2. The van der Waals surface area contributed by atoms with E-state index in [0.717, 1.165) is 0 Å². The molecule has 2 aliphatic rings. The average molecular weight is 270 g/mol. The molecule has 2 unspecified atom stereocenters. The minimum atomic E-state index is -1.10. The Morgan fingerprint density at radius 3 is 2.84 bits per heavy atom. The van der Waals surface area contributed by atoms with Crippen LogP contribution in [0.3, 0.4) is 0 Å². The number of nitrogens with one attached hydrogen (secondary N) is 1. The molecule has 0 saturated carbocycles. The van der Waals surface area contributed by atoms with Crippen molar-refractivity contribution >= 4 is 6.03 Å². The van der Waals surface area contributed by atoms with Crippen molar-refractivity contribution in [3.63, 3.8) is 0 Å². The van der Waals surface area contributed by atoms with E-state index in [-0.39, 0.29) is 13.2 Å². The molecule has 5 atom stereocenters. The van der Waals surface area contributed by atoms with Crippen LogP contribution in [-0.4, -0.2) is 64.1 Å². The molecule has 0 aromatic carbocycles. The van der Waals surface area contributed by atoms with Gasteiger partial charge in [0.25, 0.3) is 0 Å². The van der Waals surface area contributed by atoms with Crippen LogP contribution in [0, 0.1) is 17.8 Å². The van der Waals surface area contributed by atoms with Crippen LogP contribution in [0.15, 0.2) is 0 Å². The maximum Gasteiger partial charge on any atom is 0.321 e. The number of carbonyl (C=O) groups excluding carboxylic acids is 1. The number of aliphatic hydroxyl groups is 3. The zero-order valence-electron chi connectivity index (χ0n) is 10.6. The van der Waals surface area contributed by atoms with Crippen LogP contribution in [0.1, 0.15) is 13.3 Å². The quantitative estimate of drug-likeness (QED) is 0.454. The molecule has 2 saturated heterocycles. The van der Waals surface area contributed by atoms with Crippen LogP contribution in [0.5, 0.6) is 0 Å². The largest absolute Gasteiger partial charge is 0.394 e. The van der Waals surface area contributed by atoms with Crippen molar-refractivity contribution in [2.75, 3.05) is 13.2 Å². The summed E-state index contributed by atoms with van der Waals surface area (Å²) < 4.78 is 5.52. The van der Waals surface area contributed by atoms with Gasteiger partial charge in [-0.05, 0) is 6.92 Å². The number of terminal acetylenes is 1. The van der Waals surface area contributed by atoms with E-state index in [1.807, 2.05) is 0 Å². The van der Waals surface area contributed by atoms with Gasteiger partial charge in [-0.15, -0.1) is 6.42 Å². The maximum absolute atomic E-state index is 11.9. The molecule has 106 valence electrons. The summed E-state index contributed by atoms with van der Waals surface area (Å²) in [6.45, 7) is 1.49. The molecule has 0 aromatic rings. The number of aliphatic hydroxyl groups excluding tert-OH is 3. The lowest BCUT2D eigenvalue weighted by Crippen LogP contribution is -2.58. The Labute approximate surface area is 111 Å². The van der Waals surface area contributed by atoms with Crippen molar-refractivity contribution < 1.29 is 24.9 Å². The summed E-state index contributed by atoms with van der Waals surface area (Å²) in [6, 6.07) is -0.504. The van der Waals surface area contributed by atoms with E-state index in [2.05, 4.69) is 11.2 Å². The highest BCUT2D eigenvalue weighted by atomic mass is 16.5. The van der Waals surface area contributed by atoms with E-state index >= 15 is 0 Å². The standard InChI is InChI=1S/C12H18N2O5/c1-3-12(2)9(17)7(6-15)19-10(12)14-5-4-8(16)13-11(14)18/h1,7-10,15-17H,4-6H2,2H3,(H,13,18)/t7-,8?,9-,10?,12-/m1/s1. The Morgan fingerprint density at radius 2 is 2.32 bits per heavy atom. The predicted molar refractivity (Wildman–Crippen MR) is 64.6 cm³/mol. The Morgan fingerprint density at radius 1 is 1.63 bits per heavy atom. The van der Waals surface area contributed by atoms with Crippen molar-refractivity contribution in [1.29, 1.82) is 0 Å². The molecule has 19 heavy (non-hydrogen) atoms. The van der Waals surface area contributed by atoms with Crippen LogP contribution in [0.2, 0.25) is 0 Å². The molecule has 2 aliphatic heterocycles. The Kier molecular flexibility index (Phi) is 3.69. The third-order valence-corrected chi connectivity index (χ3v) is 3.75. The van der Waals surface area contributed by atoms with Crippen molar-refractivity contribution in [3.05, 3.63) is 0 Å². The maximum atomic E-state index is 11.9. The summed E-state index contributed by atoms with van der Waals surface area (Å²) in [6.07, 6.45) is 2.19. The fraction of sp³-hybridized carbons (Fsp3) is 0.750. The molecule has 0 radical (unpaired) electrons. The monoisotopic (exact) mass is 270 g/mol. The van der Waals surface area contributed by atoms with Gasteiger partial charge in [-0.25, -0.2) is 4.79 Å². The molecule has 2 fully saturated rings. The molecule has 2 heterocycles. The van der Waals surface area contributed by atoms with Crippen LogP contribution in [0.25, 0.3) is 0 Å². The summed E-state index contributed by atoms with van der Waals surface area (Å²) in [7, 11) is 0. The predicted octanol–water partition coefficient (Wildman–Crippen LogP) is -1.56. The Bertz CT molecular complexity index is 409. The SMILES string of the molecule is C#C[C@@]1(C)C(N2CCC(O)NC2=O)O[C@H](CO)[C@H]1O. The molecular weight excluding hydrogens is 252 g/mol. The molecule has 2 rings (SSSR count). The van der Waals surface area contributed by atoms with E-state index < -0.39 is 36.1 Å². The van der Waals surface area contributed by atoms with Gasteiger partial charge in [-0.3, -0.25) is 4.90 Å². The first kappa shape index (κ1) is 14.1. The van der Waals surface area contributed by atoms with E-state index in [4.69, 9.17) is 11.2 Å². The lowest BCUT2D eigenvalue weighted by Gasteiger charge is -2.39. The first-order valence-corrected chi connectivity index (χ1v) is 6.11. The topological polar surface area (TPSA) is 102 Å². The second-order valence-corrected chi connectivity index (χ2v) is 5.03. The van der Waals surface area contributed by atoms with Gasteiger partial charge >= 0.3 is 6.03 Å². The molecule has 0 bridgehead atoms. The minimum absolute atomic E-state index is 0.264. The fourth-order valence-corrected chi connectivity index (χ4v) is 2.49. The van der Waals surface area contributed by atoms with Crippen molar-refractivity contribution in [3.8, 4) is 12.3 Å². The molecule has 7 nitrogen and oxygen atoms in total. The van der Waals surface area contributed by atoms with Gasteiger partial charge in [-0.2, -0.15) is 0 Å². The molecule has 2 amide bonds. The number of hydrogen-bond acceptors (Lipinski definition) is 5. The highest BCUT2D eigenvalue weighted by Gasteiger charge is 2.55. The van der Waals surface area contributed by atoms with Crippen molar-refractivity contribution in [2.24, 2.45) is 5.41 Å². The van der Waals surface area contributed by atoms with E-state index in [1.165, 1.54) is 4.90 Å². The molecule has 0 aliphatic carbocycles. The van der Waals surface area contributed by atoms with E-state index in [0.29, 0.717) is 6.42 Å². The second kappa shape index (κ2) is 4.98. The number of rotatable bonds is 2. The highest BCUT2D eigenvalue weighted by Crippen LogP contribution is 2.40. The van der Waals surface area contributed by atoms with Crippen LogP contribution < -0.4 is 5.32 Å². The van der Waals surface area contributed by atoms with Crippen LogP contribution >= 0.6 is 0 Å². The summed E-state index contributed by atoms with van der Waals surface area (Å²) in [5.74, 6) is 2.46. The lowest BCUT2D eigenvalue weighted by atomic mass is 9.82. The number of amides is 2. The number of hydrogen-bond donors (Lipinski definition) is 4. The molecule has 0 aromatic heterocycles. The second-order valence-electron chi connectivity index (χ2n) is 5.03. The number of nitrogens with zero attached hydrogens (tertiary/aromatic N) is 1. The summed E-state index contributed by atoms with van der Waals surface area (Å²) >= 11 is 0. The van der Waals surface area contributed by atoms with Gasteiger partial charge in [0.05, 0.1) is 6.61 Å². The highest BCUT2D eigenvalue weighted by molar-refractivity contribution is 5.75. The van der Waals surface area contributed by atoms with Gasteiger partial charge < -0.3 is 25.4 Å². The first-order chi connectivity index (χ1) is 8.93. The molecule has 7 heteroatoms. The van der Waals surface area contributed by atoms with Crippen LogP contribution in [-0.2, 0) is 4.74 Å². The zero-order chi connectivity index (χ0) is 14.2. The van der Waals surface area contributed by atoms with Crippen molar-refractivity contribution in [1.82, 2.24) is 10.2 Å². The van der Waals surface area contributed by atoms with Crippen molar-refractivity contribution in [2.45, 2.75) is 38.0 Å². The summed E-state index contributed by atoms with van der Waals surface area (Å²) in [5.41, 5.74) is -1.10. The smallest absolute Gasteiger partial charge is 0.321 e. The van der Waals surface area contributed by atoms with Gasteiger partial charge in [0.15, 0.2) is 6.23 Å². The number of urea groups is 1. The minimum Gasteiger partial charge on any atom is -0.394 e. The molecule has 4 N–H and O–H groups in total. The van der Waals surface area contributed by atoms with Gasteiger partial charge in [0.1, 0.15) is 23.9 Å². The Hall–Kier alpha value is -1.33. The first-order valence-electron chi connectivity index (χ1n) is 6.11. The average Bonchev–Trinajstić information content (AvgIpc) is 2.63. The van der Waals surface area contributed by atoms with Gasteiger partial charge in [0, 0.05) is 13.0 Å². The van der Waals surface area contributed by atoms with E-state index in [1.54, 1.807) is 6.92 Å². The zero-order valence-corrected chi connectivity index (χ0v) is 10.6. The number of ether oxygens (including phenoxy) is 1. The fourth-order valence-electron chi connectivity index (χ4n) is 2.49. The Balaban J connectivity index is 2.24. The van der Waals surface area contributed by atoms with Crippen LogP contribution in [0.4, 0.5) is 4.79 Å². The third kappa shape index (κ3) is 2.17. The lowest BCUT2D eigenvalue weighted by molar-refractivity contribution is -0.0831. The normalized spacial score (nSPS) is 42.9. The number of carbonyl (C=O) groups is 1.